The Morgan fingerprint density at radius 1 is 1.36 bits per heavy atom. The van der Waals surface area contributed by atoms with Crippen LogP contribution in [0.25, 0.3) is 0 Å². The second-order valence-electron chi connectivity index (χ2n) is 3.19. The molecule has 0 amide bonds. The highest BCUT2D eigenvalue weighted by molar-refractivity contribution is 7.87. The van der Waals surface area contributed by atoms with Gasteiger partial charge in [-0.05, 0) is 0 Å². The number of nitrogens with one attached hydrogen (secondary N) is 3. The van der Waals surface area contributed by atoms with Gasteiger partial charge < -0.3 is 5.32 Å². The van der Waals surface area contributed by atoms with E-state index in [1.807, 2.05) is 0 Å². The summed E-state index contributed by atoms with van der Waals surface area (Å²) in [5, 5.41) is 3.24. The van der Waals surface area contributed by atoms with Crippen LogP contribution in [-0.4, -0.2) is 59.6 Å². The molecule has 0 radical (unpaired) electrons. The number of hydrogen-bond acceptors (Lipinski definition) is 4. The molecule has 1 aliphatic rings. The van der Waals surface area contributed by atoms with Crippen molar-refractivity contribution in [1.82, 2.24) is 19.7 Å². The van der Waals surface area contributed by atoms with Crippen LogP contribution in [0.3, 0.4) is 0 Å². The zero-order chi connectivity index (χ0) is 10.4. The van der Waals surface area contributed by atoms with Gasteiger partial charge in [0.25, 0.3) is 10.2 Å². The van der Waals surface area contributed by atoms with E-state index in [4.69, 9.17) is 0 Å². The number of hydrogen-bond donors (Lipinski definition) is 3. The average Bonchev–Trinajstić information content (AvgIpc) is 2.19. The van der Waals surface area contributed by atoms with E-state index in [1.54, 1.807) is 0 Å². The van der Waals surface area contributed by atoms with Crippen LogP contribution in [0, 0.1) is 0 Å². The first-order valence-electron chi connectivity index (χ1n) is 4.75. The van der Waals surface area contributed by atoms with Gasteiger partial charge in [-0.3, -0.25) is 4.90 Å². The zero-order valence-corrected chi connectivity index (χ0v) is 9.23. The lowest BCUT2D eigenvalue weighted by atomic mass is 10.3. The van der Waals surface area contributed by atoms with Gasteiger partial charge in [0.05, 0.1) is 0 Å². The molecular weight excluding hydrogens is 204 g/mol. The Labute approximate surface area is 85.2 Å². The van der Waals surface area contributed by atoms with Gasteiger partial charge in [0, 0.05) is 46.3 Å². The average molecular weight is 222 g/mol. The van der Waals surface area contributed by atoms with E-state index in [2.05, 4.69) is 19.7 Å². The zero-order valence-electron chi connectivity index (χ0n) is 8.41. The second kappa shape index (κ2) is 5.62. The SMILES string of the molecule is CNS(=O)(=O)NCCN1CCNCC1. The molecule has 0 aliphatic carbocycles. The Bertz CT molecular complexity index is 248. The molecule has 14 heavy (non-hydrogen) atoms. The number of nitrogens with zero attached hydrogens (tertiary/aromatic N) is 1. The first-order chi connectivity index (χ1) is 6.64. The second-order valence-corrected chi connectivity index (χ2v) is 4.90. The summed E-state index contributed by atoms with van der Waals surface area (Å²) in [7, 11) is -1.87. The molecule has 84 valence electrons. The van der Waals surface area contributed by atoms with Crippen LogP contribution in [0.1, 0.15) is 0 Å². The lowest BCUT2D eigenvalue weighted by Crippen LogP contribution is -2.47. The lowest BCUT2D eigenvalue weighted by molar-refractivity contribution is 0.245. The first-order valence-corrected chi connectivity index (χ1v) is 6.23. The molecule has 0 spiro atoms. The molecular formula is C7H18N4O2S. The molecule has 0 bridgehead atoms. The highest BCUT2D eigenvalue weighted by atomic mass is 32.2. The van der Waals surface area contributed by atoms with Gasteiger partial charge in [0.1, 0.15) is 0 Å². The van der Waals surface area contributed by atoms with Crippen LogP contribution in [0.15, 0.2) is 0 Å². The minimum Gasteiger partial charge on any atom is -0.314 e. The van der Waals surface area contributed by atoms with Gasteiger partial charge in [-0.1, -0.05) is 0 Å². The van der Waals surface area contributed by atoms with Crippen LogP contribution in [0.5, 0.6) is 0 Å². The molecule has 1 rings (SSSR count). The Morgan fingerprint density at radius 2 is 2.00 bits per heavy atom. The normalized spacial score (nSPS) is 19.8. The van der Waals surface area contributed by atoms with Crippen molar-refractivity contribution in [3.8, 4) is 0 Å². The van der Waals surface area contributed by atoms with Gasteiger partial charge >= 0.3 is 0 Å². The summed E-state index contributed by atoms with van der Waals surface area (Å²) in [5.41, 5.74) is 0. The fourth-order valence-corrected chi connectivity index (χ4v) is 1.85. The summed E-state index contributed by atoms with van der Waals surface area (Å²) in [6, 6.07) is 0. The Balaban J connectivity index is 2.14. The maximum Gasteiger partial charge on any atom is 0.276 e. The Morgan fingerprint density at radius 3 is 2.57 bits per heavy atom. The van der Waals surface area contributed by atoms with Crippen molar-refractivity contribution in [1.29, 1.82) is 0 Å². The van der Waals surface area contributed by atoms with Gasteiger partial charge in [0.2, 0.25) is 0 Å². The van der Waals surface area contributed by atoms with Gasteiger partial charge in [0.15, 0.2) is 0 Å². The van der Waals surface area contributed by atoms with Gasteiger partial charge in [-0.2, -0.15) is 8.42 Å². The fraction of sp³-hybridized carbons (Fsp3) is 1.00. The highest BCUT2D eigenvalue weighted by Gasteiger charge is 2.10. The Kier molecular flexibility index (Phi) is 4.76. The molecule has 0 aromatic heterocycles. The largest absolute Gasteiger partial charge is 0.314 e. The van der Waals surface area contributed by atoms with E-state index in [-0.39, 0.29) is 0 Å². The molecule has 1 saturated heterocycles. The predicted molar refractivity (Wildman–Crippen MR) is 55.3 cm³/mol. The molecule has 6 nitrogen and oxygen atoms in total. The Hall–Kier alpha value is -0.210. The highest BCUT2D eigenvalue weighted by Crippen LogP contribution is 1.90. The van der Waals surface area contributed by atoms with Crippen molar-refractivity contribution in [2.45, 2.75) is 0 Å². The molecule has 1 heterocycles. The van der Waals surface area contributed by atoms with E-state index >= 15 is 0 Å². The summed E-state index contributed by atoms with van der Waals surface area (Å²) in [4.78, 5) is 2.23. The maximum atomic E-state index is 11.0. The van der Waals surface area contributed by atoms with Gasteiger partial charge in [-0.25, -0.2) is 9.44 Å². The van der Waals surface area contributed by atoms with E-state index in [0.717, 1.165) is 32.7 Å². The van der Waals surface area contributed by atoms with Crippen LogP contribution >= 0.6 is 0 Å². The summed E-state index contributed by atoms with van der Waals surface area (Å²) in [6.45, 7) is 5.17. The topological polar surface area (TPSA) is 73.5 Å². The van der Waals surface area contributed by atoms with E-state index in [9.17, 15) is 8.42 Å². The quantitative estimate of drug-likeness (QED) is 0.500. The minimum atomic E-state index is -3.26. The standard InChI is InChI=1S/C7H18N4O2S/c1-8-14(12,13)10-4-7-11-5-2-9-3-6-11/h8-10H,2-7H2,1H3. The molecule has 0 aromatic carbocycles. The van der Waals surface area contributed by atoms with Gasteiger partial charge in [-0.15, -0.1) is 0 Å². The smallest absolute Gasteiger partial charge is 0.276 e. The van der Waals surface area contributed by atoms with Crippen molar-refractivity contribution >= 4 is 10.2 Å². The molecule has 1 aliphatic heterocycles. The number of rotatable bonds is 5. The fourth-order valence-electron chi connectivity index (χ4n) is 1.35. The molecule has 0 atom stereocenters. The van der Waals surface area contributed by atoms with Crippen molar-refractivity contribution in [2.24, 2.45) is 0 Å². The third-order valence-corrected chi connectivity index (χ3v) is 3.32. The number of piperazine rings is 1. The van der Waals surface area contributed by atoms with Crippen LogP contribution in [0.4, 0.5) is 0 Å². The van der Waals surface area contributed by atoms with E-state index in [0.29, 0.717) is 6.54 Å². The maximum absolute atomic E-state index is 11.0. The summed E-state index contributed by atoms with van der Waals surface area (Å²) in [6.07, 6.45) is 0. The van der Waals surface area contributed by atoms with Crippen molar-refractivity contribution in [3.63, 3.8) is 0 Å². The monoisotopic (exact) mass is 222 g/mol. The van der Waals surface area contributed by atoms with Crippen LogP contribution in [0.2, 0.25) is 0 Å². The van der Waals surface area contributed by atoms with Crippen molar-refractivity contribution in [3.05, 3.63) is 0 Å². The molecule has 3 N–H and O–H groups in total. The summed E-state index contributed by atoms with van der Waals surface area (Å²) in [5.74, 6) is 0. The summed E-state index contributed by atoms with van der Waals surface area (Å²) < 4.78 is 26.6. The molecule has 1 fully saturated rings. The molecule has 7 heteroatoms. The van der Waals surface area contributed by atoms with Crippen LogP contribution in [-0.2, 0) is 10.2 Å². The third kappa shape index (κ3) is 4.34. The predicted octanol–water partition coefficient (Wildman–Crippen LogP) is -2.05. The lowest BCUT2D eigenvalue weighted by Gasteiger charge is -2.26. The summed E-state index contributed by atoms with van der Waals surface area (Å²) >= 11 is 0. The van der Waals surface area contributed by atoms with Crippen LogP contribution < -0.4 is 14.8 Å². The third-order valence-electron chi connectivity index (χ3n) is 2.20. The molecule has 0 saturated carbocycles. The minimum absolute atomic E-state index is 0.461. The van der Waals surface area contributed by atoms with Crippen molar-refractivity contribution in [2.75, 3.05) is 46.3 Å². The molecule has 0 aromatic rings. The molecule has 0 unspecified atom stereocenters. The van der Waals surface area contributed by atoms with Crippen molar-refractivity contribution < 1.29 is 8.42 Å². The first kappa shape index (κ1) is 11.9. The van der Waals surface area contributed by atoms with E-state index in [1.165, 1.54) is 7.05 Å². The van der Waals surface area contributed by atoms with E-state index < -0.39 is 10.2 Å².